The van der Waals surface area contributed by atoms with Crippen molar-refractivity contribution >= 4 is 29.2 Å². The molecule has 0 bridgehead atoms. The Balaban J connectivity index is 1.76. The minimum absolute atomic E-state index is 0.00318. The van der Waals surface area contributed by atoms with Crippen LogP contribution in [-0.2, 0) is 13.5 Å². The molecule has 0 spiro atoms. The Morgan fingerprint density at radius 1 is 1.12 bits per heavy atom. The van der Waals surface area contributed by atoms with Gasteiger partial charge >= 0.3 is 0 Å². The molecule has 0 aliphatic rings. The Labute approximate surface area is 149 Å². The lowest BCUT2D eigenvalue weighted by atomic mass is 10.1. The van der Waals surface area contributed by atoms with Gasteiger partial charge in [0.05, 0.1) is 24.5 Å². The second-order valence-electron chi connectivity index (χ2n) is 5.47. The number of nitrogens with zero attached hydrogens (tertiary/aromatic N) is 5. The van der Waals surface area contributed by atoms with Gasteiger partial charge in [-0.15, -0.1) is 0 Å². The molecule has 0 aliphatic heterocycles. The smallest absolute Gasteiger partial charge is 0.227 e. The zero-order chi connectivity index (χ0) is 17.1. The lowest BCUT2D eigenvalue weighted by Crippen LogP contribution is -2.12. The maximum Gasteiger partial charge on any atom is 0.227 e. The SMILES string of the molecule is C[C@H](Nc1nc(Cl)nc(Cc2cn(C)cn2)n1)c1ccc(Cl)cc1. The minimum atomic E-state index is 0.00318. The Bertz CT molecular complexity index is 831. The number of imidazole rings is 1. The molecule has 2 aromatic heterocycles. The van der Waals surface area contributed by atoms with Gasteiger partial charge in [0, 0.05) is 18.3 Å². The number of halogens is 2. The van der Waals surface area contributed by atoms with Crippen molar-refractivity contribution in [1.29, 1.82) is 0 Å². The van der Waals surface area contributed by atoms with Crippen LogP contribution in [-0.4, -0.2) is 24.5 Å². The molecule has 0 fully saturated rings. The molecule has 8 heteroatoms. The van der Waals surface area contributed by atoms with Crippen LogP contribution in [0.2, 0.25) is 10.3 Å². The highest BCUT2D eigenvalue weighted by atomic mass is 35.5. The molecule has 0 aliphatic carbocycles. The van der Waals surface area contributed by atoms with Gasteiger partial charge in [0.15, 0.2) is 0 Å². The van der Waals surface area contributed by atoms with E-state index in [1.54, 1.807) is 6.33 Å². The van der Waals surface area contributed by atoms with Gasteiger partial charge in [-0.3, -0.25) is 0 Å². The summed E-state index contributed by atoms with van der Waals surface area (Å²) in [6.07, 6.45) is 4.15. The standard InChI is InChI=1S/C16H16Cl2N6/c1-10(11-3-5-12(17)6-4-11)20-16-22-14(21-15(18)23-16)7-13-8-24(2)9-19-13/h3-6,8-10H,7H2,1-2H3,(H,20,21,22,23)/t10-/m0/s1. The first-order valence-corrected chi connectivity index (χ1v) is 8.14. The molecule has 24 heavy (non-hydrogen) atoms. The van der Waals surface area contributed by atoms with Crippen LogP contribution < -0.4 is 5.32 Å². The topological polar surface area (TPSA) is 68.5 Å². The number of anilines is 1. The molecule has 6 nitrogen and oxygen atoms in total. The largest absolute Gasteiger partial charge is 0.348 e. The lowest BCUT2D eigenvalue weighted by molar-refractivity contribution is 0.832. The molecule has 0 unspecified atom stereocenters. The van der Waals surface area contributed by atoms with Crippen LogP contribution in [0.4, 0.5) is 5.95 Å². The summed E-state index contributed by atoms with van der Waals surface area (Å²) in [5.74, 6) is 1.00. The zero-order valence-electron chi connectivity index (χ0n) is 13.2. The first kappa shape index (κ1) is 16.7. The summed E-state index contributed by atoms with van der Waals surface area (Å²) in [6.45, 7) is 2.01. The Kier molecular flexibility index (Phi) is 4.97. The highest BCUT2D eigenvalue weighted by Crippen LogP contribution is 2.20. The van der Waals surface area contributed by atoms with Gasteiger partial charge < -0.3 is 9.88 Å². The maximum absolute atomic E-state index is 6.03. The van der Waals surface area contributed by atoms with E-state index >= 15 is 0 Å². The maximum atomic E-state index is 6.03. The van der Waals surface area contributed by atoms with Crippen LogP contribution in [0.25, 0.3) is 0 Å². The van der Waals surface area contributed by atoms with E-state index in [0.29, 0.717) is 23.2 Å². The Morgan fingerprint density at radius 2 is 1.88 bits per heavy atom. The van der Waals surface area contributed by atoms with Gasteiger partial charge in [-0.25, -0.2) is 9.97 Å². The van der Waals surface area contributed by atoms with E-state index in [9.17, 15) is 0 Å². The van der Waals surface area contributed by atoms with Crippen LogP contribution >= 0.6 is 23.2 Å². The third kappa shape index (κ3) is 4.21. The molecule has 2 heterocycles. The summed E-state index contributed by atoms with van der Waals surface area (Å²) < 4.78 is 1.87. The van der Waals surface area contributed by atoms with E-state index in [0.717, 1.165) is 11.3 Å². The van der Waals surface area contributed by atoms with Crippen LogP contribution in [0.1, 0.15) is 30.0 Å². The van der Waals surface area contributed by atoms with E-state index in [-0.39, 0.29) is 11.3 Å². The van der Waals surface area contributed by atoms with Gasteiger partial charge in [0.1, 0.15) is 5.82 Å². The molecule has 124 valence electrons. The molecule has 1 N–H and O–H groups in total. The summed E-state index contributed by atoms with van der Waals surface area (Å²) in [4.78, 5) is 17.0. The molecular weight excluding hydrogens is 347 g/mol. The summed E-state index contributed by atoms with van der Waals surface area (Å²) in [5.41, 5.74) is 1.94. The summed E-state index contributed by atoms with van der Waals surface area (Å²) in [5, 5.41) is 4.09. The molecule has 1 aromatic carbocycles. The van der Waals surface area contributed by atoms with Crippen molar-refractivity contribution in [2.75, 3.05) is 5.32 Å². The summed E-state index contributed by atoms with van der Waals surface area (Å²) in [6, 6.07) is 7.61. The number of nitrogens with one attached hydrogen (secondary N) is 1. The van der Waals surface area contributed by atoms with Crippen LogP contribution in [0, 0.1) is 0 Å². The second kappa shape index (κ2) is 7.15. The van der Waals surface area contributed by atoms with Crippen molar-refractivity contribution < 1.29 is 0 Å². The predicted octanol–water partition coefficient (Wildman–Crippen LogP) is 3.68. The number of aromatic nitrogens is 5. The number of rotatable bonds is 5. The third-order valence-electron chi connectivity index (χ3n) is 3.47. The van der Waals surface area contributed by atoms with Crippen molar-refractivity contribution in [3.63, 3.8) is 0 Å². The Morgan fingerprint density at radius 3 is 2.54 bits per heavy atom. The molecule has 3 aromatic rings. The van der Waals surface area contributed by atoms with Crippen LogP contribution in [0.15, 0.2) is 36.8 Å². The first-order chi connectivity index (χ1) is 11.5. The van der Waals surface area contributed by atoms with E-state index < -0.39 is 0 Å². The normalized spacial score (nSPS) is 12.2. The average Bonchev–Trinajstić information content (AvgIpc) is 2.92. The fourth-order valence-corrected chi connectivity index (χ4v) is 2.59. The monoisotopic (exact) mass is 362 g/mol. The number of benzene rings is 1. The average molecular weight is 363 g/mol. The third-order valence-corrected chi connectivity index (χ3v) is 3.89. The van der Waals surface area contributed by atoms with Crippen LogP contribution in [0.5, 0.6) is 0 Å². The summed E-state index contributed by atoms with van der Waals surface area (Å²) >= 11 is 11.9. The molecule has 0 radical (unpaired) electrons. The zero-order valence-corrected chi connectivity index (χ0v) is 14.8. The molecular formula is C16H16Cl2N6. The fourth-order valence-electron chi connectivity index (χ4n) is 2.28. The van der Waals surface area contributed by atoms with E-state index in [2.05, 4.69) is 25.3 Å². The van der Waals surface area contributed by atoms with Crippen molar-refractivity contribution in [3.05, 3.63) is 64.2 Å². The summed E-state index contributed by atoms with van der Waals surface area (Å²) in [7, 11) is 1.91. The Hall–Kier alpha value is -2.18. The van der Waals surface area contributed by atoms with Crippen LogP contribution in [0.3, 0.4) is 0 Å². The fraction of sp³-hybridized carbons (Fsp3) is 0.250. The van der Waals surface area contributed by atoms with E-state index in [1.807, 2.05) is 49.0 Å². The van der Waals surface area contributed by atoms with Crippen molar-refractivity contribution in [3.8, 4) is 0 Å². The molecule has 0 saturated carbocycles. The minimum Gasteiger partial charge on any atom is -0.348 e. The lowest BCUT2D eigenvalue weighted by Gasteiger charge is -2.14. The van der Waals surface area contributed by atoms with Crippen molar-refractivity contribution in [1.82, 2.24) is 24.5 Å². The number of hydrogen-bond donors (Lipinski definition) is 1. The predicted molar refractivity (Wildman–Crippen MR) is 94.3 cm³/mol. The van der Waals surface area contributed by atoms with E-state index in [4.69, 9.17) is 23.2 Å². The first-order valence-electron chi connectivity index (χ1n) is 7.39. The molecule has 0 amide bonds. The molecule has 0 saturated heterocycles. The second-order valence-corrected chi connectivity index (χ2v) is 6.24. The number of hydrogen-bond acceptors (Lipinski definition) is 5. The molecule has 3 rings (SSSR count). The van der Waals surface area contributed by atoms with Gasteiger partial charge in [-0.1, -0.05) is 23.7 Å². The van der Waals surface area contributed by atoms with Crippen molar-refractivity contribution in [2.24, 2.45) is 7.05 Å². The quantitative estimate of drug-likeness (QED) is 0.749. The van der Waals surface area contributed by atoms with Crippen molar-refractivity contribution in [2.45, 2.75) is 19.4 Å². The highest BCUT2D eigenvalue weighted by molar-refractivity contribution is 6.30. The molecule has 1 atom stereocenters. The van der Waals surface area contributed by atoms with Gasteiger partial charge in [0.2, 0.25) is 11.2 Å². The van der Waals surface area contributed by atoms with Gasteiger partial charge in [0.25, 0.3) is 0 Å². The number of aryl methyl sites for hydroxylation is 1. The van der Waals surface area contributed by atoms with E-state index in [1.165, 1.54) is 0 Å². The van der Waals surface area contributed by atoms with Gasteiger partial charge in [-0.05, 0) is 36.2 Å². The van der Waals surface area contributed by atoms with Gasteiger partial charge in [-0.2, -0.15) is 9.97 Å². The highest BCUT2D eigenvalue weighted by Gasteiger charge is 2.11.